The van der Waals surface area contributed by atoms with E-state index in [-0.39, 0.29) is 6.10 Å². The third-order valence-electron chi connectivity index (χ3n) is 1.90. The predicted octanol–water partition coefficient (Wildman–Crippen LogP) is 3.07. The highest BCUT2D eigenvalue weighted by Gasteiger charge is 1.94. The first-order chi connectivity index (χ1) is 6.60. The molecule has 0 aliphatic carbocycles. The molecule has 0 radical (unpaired) electrons. The molecule has 2 nitrogen and oxygen atoms in total. The Labute approximate surface area is 86.9 Å². The summed E-state index contributed by atoms with van der Waals surface area (Å²) in [7, 11) is 3.32. The van der Waals surface area contributed by atoms with E-state index < -0.39 is 0 Å². The monoisotopic (exact) mass is 196 g/mol. The van der Waals surface area contributed by atoms with Gasteiger partial charge in [-0.1, -0.05) is 24.3 Å². The van der Waals surface area contributed by atoms with Crippen molar-refractivity contribution < 1.29 is 9.47 Å². The standard InChI is InChI=1S/C12H20O2/c1-10(9-12(3)14-5)7-6-8-11(2)13-4/h6,8-9,12H,2,7H2,1,3-5H3/b8-6-,10-9-. The average Bonchev–Trinajstić information content (AvgIpc) is 2.17. The highest BCUT2D eigenvalue weighted by atomic mass is 16.5. The quantitative estimate of drug-likeness (QED) is 0.369. The molecule has 0 aromatic rings. The van der Waals surface area contributed by atoms with Crippen molar-refractivity contribution in [3.63, 3.8) is 0 Å². The van der Waals surface area contributed by atoms with Crippen LogP contribution >= 0.6 is 0 Å². The first kappa shape index (κ1) is 13.0. The van der Waals surface area contributed by atoms with E-state index in [9.17, 15) is 0 Å². The second kappa shape index (κ2) is 7.39. The van der Waals surface area contributed by atoms with E-state index in [1.807, 2.05) is 19.1 Å². The number of allylic oxidation sites excluding steroid dienone is 3. The Bertz CT molecular complexity index is 226. The average molecular weight is 196 g/mol. The molecular formula is C12H20O2. The number of rotatable bonds is 6. The molecule has 2 heteroatoms. The maximum absolute atomic E-state index is 5.13. The molecule has 0 aliphatic rings. The molecule has 0 saturated heterocycles. The Morgan fingerprint density at radius 2 is 2.07 bits per heavy atom. The van der Waals surface area contributed by atoms with Crippen LogP contribution in [0, 0.1) is 0 Å². The summed E-state index contributed by atoms with van der Waals surface area (Å²) in [4.78, 5) is 0. The minimum absolute atomic E-state index is 0.175. The molecule has 0 aliphatic heterocycles. The number of hydrogen-bond acceptors (Lipinski definition) is 2. The molecule has 0 fully saturated rings. The SMILES string of the molecule is C=C(/C=C\C/C(C)=C\C(C)OC)OC. The van der Waals surface area contributed by atoms with Crippen LogP contribution < -0.4 is 0 Å². The van der Waals surface area contributed by atoms with Crippen molar-refractivity contribution >= 4 is 0 Å². The summed E-state index contributed by atoms with van der Waals surface area (Å²) in [5.74, 6) is 0.678. The van der Waals surface area contributed by atoms with Gasteiger partial charge in [0, 0.05) is 7.11 Å². The number of ether oxygens (including phenoxy) is 2. The Balaban J connectivity index is 3.95. The summed E-state index contributed by atoms with van der Waals surface area (Å²) in [6.07, 6.45) is 7.07. The fourth-order valence-corrected chi connectivity index (χ4v) is 0.981. The highest BCUT2D eigenvalue weighted by Crippen LogP contribution is 2.05. The Kier molecular flexibility index (Phi) is 6.85. The molecule has 0 spiro atoms. The summed E-state index contributed by atoms with van der Waals surface area (Å²) in [6, 6.07) is 0. The molecule has 0 N–H and O–H groups in total. The van der Waals surface area contributed by atoms with Crippen molar-refractivity contribution in [3.8, 4) is 0 Å². The summed E-state index contributed by atoms with van der Waals surface area (Å²) in [5.41, 5.74) is 1.28. The van der Waals surface area contributed by atoms with Gasteiger partial charge in [0.2, 0.25) is 0 Å². The molecule has 80 valence electrons. The minimum Gasteiger partial charge on any atom is -0.497 e. The van der Waals surface area contributed by atoms with E-state index in [4.69, 9.17) is 9.47 Å². The Hall–Kier alpha value is -1.02. The van der Waals surface area contributed by atoms with Crippen molar-refractivity contribution in [1.29, 1.82) is 0 Å². The van der Waals surface area contributed by atoms with Crippen LogP contribution in [0.4, 0.5) is 0 Å². The van der Waals surface area contributed by atoms with Gasteiger partial charge in [0.15, 0.2) is 0 Å². The van der Waals surface area contributed by atoms with E-state index >= 15 is 0 Å². The van der Waals surface area contributed by atoms with Crippen LogP contribution in [0.3, 0.4) is 0 Å². The summed E-state index contributed by atoms with van der Waals surface area (Å²) in [5, 5.41) is 0. The third kappa shape index (κ3) is 6.49. The van der Waals surface area contributed by atoms with E-state index in [0.717, 1.165) is 6.42 Å². The fraction of sp³-hybridized carbons (Fsp3) is 0.500. The van der Waals surface area contributed by atoms with Gasteiger partial charge < -0.3 is 9.47 Å². The highest BCUT2D eigenvalue weighted by molar-refractivity contribution is 5.12. The lowest BCUT2D eigenvalue weighted by Gasteiger charge is -2.04. The first-order valence-corrected chi connectivity index (χ1v) is 4.69. The molecule has 0 heterocycles. The van der Waals surface area contributed by atoms with Gasteiger partial charge in [-0.2, -0.15) is 0 Å². The van der Waals surface area contributed by atoms with Gasteiger partial charge in [-0.15, -0.1) is 0 Å². The topological polar surface area (TPSA) is 18.5 Å². The Morgan fingerprint density at radius 3 is 2.57 bits per heavy atom. The largest absolute Gasteiger partial charge is 0.497 e. The third-order valence-corrected chi connectivity index (χ3v) is 1.90. The van der Waals surface area contributed by atoms with Crippen LogP contribution in [0.5, 0.6) is 0 Å². The second-order valence-corrected chi connectivity index (χ2v) is 3.23. The number of hydrogen-bond donors (Lipinski definition) is 0. The molecule has 0 amide bonds. The molecule has 1 unspecified atom stereocenters. The van der Waals surface area contributed by atoms with E-state index in [2.05, 4.69) is 19.6 Å². The summed E-state index contributed by atoms with van der Waals surface area (Å²) >= 11 is 0. The van der Waals surface area contributed by atoms with Gasteiger partial charge in [0.25, 0.3) is 0 Å². The van der Waals surface area contributed by atoms with E-state index in [1.54, 1.807) is 14.2 Å². The maximum atomic E-state index is 5.13. The zero-order valence-electron chi connectivity index (χ0n) is 9.54. The van der Waals surface area contributed by atoms with Crippen molar-refractivity contribution in [3.05, 3.63) is 36.1 Å². The van der Waals surface area contributed by atoms with Crippen LogP contribution in [0.2, 0.25) is 0 Å². The van der Waals surface area contributed by atoms with Crippen LogP contribution in [-0.2, 0) is 9.47 Å². The van der Waals surface area contributed by atoms with Crippen LogP contribution in [0.25, 0.3) is 0 Å². The van der Waals surface area contributed by atoms with Crippen molar-refractivity contribution in [2.75, 3.05) is 14.2 Å². The van der Waals surface area contributed by atoms with Crippen LogP contribution in [0.1, 0.15) is 20.3 Å². The Morgan fingerprint density at radius 1 is 1.43 bits per heavy atom. The van der Waals surface area contributed by atoms with Gasteiger partial charge in [-0.05, 0) is 26.3 Å². The van der Waals surface area contributed by atoms with Gasteiger partial charge in [0.1, 0.15) is 5.76 Å². The zero-order chi connectivity index (χ0) is 11.0. The lowest BCUT2D eigenvalue weighted by Crippen LogP contribution is -2.00. The maximum Gasteiger partial charge on any atom is 0.111 e. The second-order valence-electron chi connectivity index (χ2n) is 3.23. The smallest absolute Gasteiger partial charge is 0.111 e. The van der Waals surface area contributed by atoms with Crippen LogP contribution in [-0.4, -0.2) is 20.3 Å². The summed E-state index contributed by atoms with van der Waals surface area (Å²) in [6.45, 7) is 7.79. The molecule has 14 heavy (non-hydrogen) atoms. The number of methoxy groups -OCH3 is 2. The van der Waals surface area contributed by atoms with Gasteiger partial charge in [-0.25, -0.2) is 0 Å². The molecule has 0 rings (SSSR count). The zero-order valence-corrected chi connectivity index (χ0v) is 9.54. The minimum atomic E-state index is 0.175. The normalized spacial score (nSPS) is 14.4. The predicted molar refractivity (Wildman–Crippen MR) is 60.1 cm³/mol. The molecule has 1 atom stereocenters. The lowest BCUT2D eigenvalue weighted by atomic mass is 10.1. The molecule has 0 aromatic heterocycles. The molecule has 0 saturated carbocycles. The molecule has 0 bridgehead atoms. The molecule has 0 aromatic carbocycles. The molecular weight excluding hydrogens is 176 g/mol. The van der Waals surface area contributed by atoms with Crippen molar-refractivity contribution in [1.82, 2.24) is 0 Å². The van der Waals surface area contributed by atoms with Crippen molar-refractivity contribution in [2.24, 2.45) is 0 Å². The lowest BCUT2D eigenvalue weighted by molar-refractivity contribution is 0.155. The van der Waals surface area contributed by atoms with Gasteiger partial charge in [0.05, 0.1) is 13.2 Å². The first-order valence-electron chi connectivity index (χ1n) is 4.69. The van der Waals surface area contributed by atoms with Crippen LogP contribution in [0.15, 0.2) is 36.1 Å². The summed E-state index contributed by atoms with van der Waals surface area (Å²) < 4.78 is 10.0. The van der Waals surface area contributed by atoms with E-state index in [1.165, 1.54) is 5.57 Å². The van der Waals surface area contributed by atoms with Crippen molar-refractivity contribution in [2.45, 2.75) is 26.4 Å². The van der Waals surface area contributed by atoms with E-state index in [0.29, 0.717) is 5.76 Å². The van der Waals surface area contributed by atoms with Gasteiger partial charge >= 0.3 is 0 Å². The van der Waals surface area contributed by atoms with Gasteiger partial charge in [-0.3, -0.25) is 0 Å². The fourth-order valence-electron chi connectivity index (χ4n) is 0.981.